The molecule has 1 saturated heterocycles. The number of hydrogen-bond donors (Lipinski definition) is 0. The van der Waals surface area contributed by atoms with E-state index in [2.05, 4.69) is 23.9 Å². The lowest BCUT2D eigenvalue weighted by Crippen LogP contribution is -2.44. The Hall–Kier alpha value is -1.43. The second kappa shape index (κ2) is 5.75. The van der Waals surface area contributed by atoms with Crippen LogP contribution in [-0.2, 0) is 21.6 Å². The number of aromatic nitrogens is 3. The van der Waals surface area contributed by atoms with E-state index in [0.717, 1.165) is 5.56 Å². The lowest BCUT2D eigenvalue weighted by Gasteiger charge is -2.35. The lowest BCUT2D eigenvalue weighted by atomic mass is 9.82. The maximum Gasteiger partial charge on any atom is 0.148 e. The summed E-state index contributed by atoms with van der Waals surface area (Å²) in [7, 11) is 0. The van der Waals surface area contributed by atoms with Crippen molar-refractivity contribution >= 4 is 11.6 Å². The van der Waals surface area contributed by atoms with E-state index in [1.54, 1.807) is 11.0 Å². The summed E-state index contributed by atoms with van der Waals surface area (Å²) in [5.41, 5.74) is 0.463. The third-order valence-corrected chi connectivity index (χ3v) is 4.08. The van der Waals surface area contributed by atoms with Gasteiger partial charge in [-0.05, 0) is 23.6 Å². The van der Waals surface area contributed by atoms with Crippen LogP contribution in [0.5, 0.6) is 0 Å². The zero-order chi connectivity index (χ0) is 14.9. The molecule has 112 valence electrons. The molecule has 2 heterocycles. The molecule has 21 heavy (non-hydrogen) atoms. The van der Waals surface area contributed by atoms with E-state index >= 15 is 0 Å². The highest BCUT2D eigenvalue weighted by Crippen LogP contribution is 2.41. The Labute approximate surface area is 128 Å². The van der Waals surface area contributed by atoms with Gasteiger partial charge >= 0.3 is 0 Å². The van der Waals surface area contributed by atoms with Crippen LogP contribution in [0.4, 0.5) is 0 Å². The molecule has 5 nitrogen and oxygen atoms in total. The molecule has 0 amide bonds. The summed E-state index contributed by atoms with van der Waals surface area (Å²) in [6.45, 7) is 5.09. The Balaban J connectivity index is 2.03. The van der Waals surface area contributed by atoms with E-state index in [0.29, 0.717) is 17.5 Å². The molecule has 0 unspecified atom stereocenters. The smallest absolute Gasteiger partial charge is 0.148 e. The average molecular weight is 308 g/mol. The van der Waals surface area contributed by atoms with Gasteiger partial charge in [0.15, 0.2) is 0 Å². The lowest BCUT2D eigenvalue weighted by molar-refractivity contribution is -0.0340. The molecule has 1 aromatic carbocycles. The van der Waals surface area contributed by atoms with Gasteiger partial charge in [-0.15, -0.1) is 0 Å². The number of rotatable bonds is 4. The van der Waals surface area contributed by atoms with Gasteiger partial charge in [-0.3, -0.25) is 0 Å². The van der Waals surface area contributed by atoms with Gasteiger partial charge in [0.05, 0.1) is 12.6 Å². The van der Waals surface area contributed by atoms with Crippen molar-refractivity contribution in [3.8, 4) is 0 Å². The molecule has 1 fully saturated rings. The number of ether oxygens (including phenoxy) is 2. The molecule has 3 rings (SSSR count). The van der Waals surface area contributed by atoms with Crippen molar-refractivity contribution in [2.45, 2.75) is 32.1 Å². The highest BCUT2D eigenvalue weighted by atomic mass is 35.5. The second-order valence-corrected chi connectivity index (χ2v) is 6.02. The monoisotopic (exact) mass is 307 g/mol. The molecule has 2 atom stereocenters. The largest absolute Gasteiger partial charge is 0.348 e. The fraction of sp³-hybridized carbons (Fsp3) is 0.467. The van der Waals surface area contributed by atoms with Crippen LogP contribution >= 0.6 is 11.6 Å². The van der Waals surface area contributed by atoms with Crippen molar-refractivity contribution in [3.63, 3.8) is 0 Å². The summed E-state index contributed by atoms with van der Waals surface area (Å²) in [5, 5.41) is 4.91. The first kappa shape index (κ1) is 14.5. The molecule has 0 spiro atoms. The van der Waals surface area contributed by atoms with Gasteiger partial charge in [0.1, 0.15) is 25.0 Å². The van der Waals surface area contributed by atoms with E-state index in [9.17, 15) is 0 Å². The van der Waals surface area contributed by atoms with Crippen LogP contribution < -0.4 is 0 Å². The summed E-state index contributed by atoms with van der Waals surface area (Å²) in [4.78, 5) is 4.01. The number of benzene rings is 1. The van der Waals surface area contributed by atoms with Crippen LogP contribution in [0.3, 0.4) is 0 Å². The standard InChI is InChI=1S/C15H18ClN3O2/c1-11(2)14-15(21-10-20-14,7-19-9-17-8-18-19)12-3-5-13(16)6-4-12/h3-6,8-9,11,14H,7,10H2,1-2H3/t14-,15-/m1/s1. The van der Waals surface area contributed by atoms with Gasteiger partial charge in [-0.1, -0.05) is 37.6 Å². The first-order valence-corrected chi connectivity index (χ1v) is 7.33. The van der Waals surface area contributed by atoms with E-state index in [-0.39, 0.29) is 12.9 Å². The maximum atomic E-state index is 6.06. The van der Waals surface area contributed by atoms with Crippen molar-refractivity contribution in [1.82, 2.24) is 14.8 Å². The minimum atomic E-state index is -0.577. The minimum Gasteiger partial charge on any atom is -0.348 e. The zero-order valence-corrected chi connectivity index (χ0v) is 12.8. The third kappa shape index (κ3) is 2.69. The van der Waals surface area contributed by atoms with Crippen molar-refractivity contribution in [1.29, 1.82) is 0 Å². The molecule has 0 radical (unpaired) electrons. The van der Waals surface area contributed by atoms with Crippen LogP contribution in [0.2, 0.25) is 5.02 Å². The SMILES string of the molecule is CC(C)[C@H]1OCO[C@]1(Cn1cncn1)c1ccc(Cl)cc1. The van der Waals surface area contributed by atoms with Gasteiger partial charge in [0.25, 0.3) is 0 Å². The molecular weight excluding hydrogens is 290 g/mol. The highest BCUT2D eigenvalue weighted by Gasteiger charge is 2.49. The molecule has 0 N–H and O–H groups in total. The van der Waals surface area contributed by atoms with Gasteiger partial charge in [-0.25, -0.2) is 9.67 Å². The van der Waals surface area contributed by atoms with Crippen molar-refractivity contribution < 1.29 is 9.47 Å². The topological polar surface area (TPSA) is 49.2 Å². The average Bonchev–Trinajstić information content (AvgIpc) is 3.10. The Morgan fingerprint density at radius 3 is 2.76 bits per heavy atom. The van der Waals surface area contributed by atoms with Gasteiger partial charge < -0.3 is 9.47 Å². The predicted molar refractivity (Wildman–Crippen MR) is 78.8 cm³/mol. The summed E-state index contributed by atoms with van der Waals surface area (Å²) in [6, 6.07) is 7.73. The normalized spacial score (nSPS) is 25.6. The van der Waals surface area contributed by atoms with Gasteiger partial charge in [0, 0.05) is 5.02 Å². The zero-order valence-electron chi connectivity index (χ0n) is 12.1. The van der Waals surface area contributed by atoms with Gasteiger partial charge in [-0.2, -0.15) is 5.10 Å². The number of nitrogens with zero attached hydrogens (tertiary/aromatic N) is 3. The summed E-state index contributed by atoms with van der Waals surface area (Å²) in [6.07, 6.45) is 3.16. The third-order valence-electron chi connectivity index (χ3n) is 3.83. The molecule has 1 aliphatic heterocycles. The number of halogens is 1. The molecular formula is C15H18ClN3O2. The summed E-state index contributed by atoms with van der Waals surface area (Å²) >= 11 is 6.01. The van der Waals surface area contributed by atoms with E-state index in [4.69, 9.17) is 21.1 Å². The highest BCUT2D eigenvalue weighted by molar-refractivity contribution is 6.30. The van der Waals surface area contributed by atoms with Crippen LogP contribution in [0.25, 0.3) is 0 Å². The second-order valence-electron chi connectivity index (χ2n) is 5.58. The minimum absolute atomic E-state index is 0.0529. The molecule has 1 aliphatic rings. The number of hydrogen-bond acceptors (Lipinski definition) is 4. The fourth-order valence-electron chi connectivity index (χ4n) is 2.92. The predicted octanol–water partition coefficient (Wildman–Crippen LogP) is 2.86. The van der Waals surface area contributed by atoms with Crippen LogP contribution in [0, 0.1) is 5.92 Å². The first-order chi connectivity index (χ1) is 10.1. The molecule has 1 aromatic heterocycles. The van der Waals surface area contributed by atoms with Crippen molar-refractivity contribution in [2.24, 2.45) is 5.92 Å². The first-order valence-electron chi connectivity index (χ1n) is 6.96. The van der Waals surface area contributed by atoms with Crippen LogP contribution in [-0.4, -0.2) is 27.7 Å². The van der Waals surface area contributed by atoms with E-state index in [1.807, 2.05) is 24.3 Å². The Bertz CT molecular complexity index is 585. The maximum absolute atomic E-state index is 6.06. The van der Waals surface area contributed by atoms with Crippen molar-refractivity contribution in [3.05, 3.63) is 47.5 Å². The summed E-state index contributed by atoms with van der Waals surface area (Å²) in [5.74, 6) is 0.312. The van der Waals surface area contributed by atoms with Crippen LogP contribution in [0.15, 0.2) is 36.9 Å². The Morgan fingerprint density at radius 1 is 1.38 bits per heavy atom. The molecule has 0 bridgehead atoms. The van der Waals surface area contributed by atoms with E-state index < -0.39 is 5.60 Å². The van der Waals surface area contributed by atoms with Crippen molar-refractivity contribution in [2.75, 3.05) is 6.79 Å². The molecule has 0 saturated carbocycles. The molecule has 6 heteroatoms. The Kier molecular flexibility index (Phi) is 3.97. The van der Waals surface area contributed by atoms with Crippen LogP contribution in [0.1, 0.15) is 19.4 Å². The summed E-state index contributed by atoms with van der Waals surface area (Å²) < 4.78 is 13.7. The molecule has 2 aromatic rings. The quantitative estimate of drug-likeness (QED) is 0.871. The van der Waals surface area contributed by atoms with E-state index in [1.165, 1.54) is 6.33 Å². The van der Waals surface area contributed by atoms with Gasteiger partial charge in [0.2, 0.25) is 0 Å². The Morgan fingerprint density at radius 2 is 2.14 bits per heavy atom. The molecule has 0 aliphatic carbocycles. The fourth-order valence-corrected chi connectivity index (χ4v) is 3.05.